The quantitative estimate of drug-likeness (QED) is 0.803. The predicted octanol–water partition coefficient (Wildman–Crippen LogP) is 0.892. The van der Waals surface area contributed by atoms with Crippen LogP contribution in [-0.4, -0.2) is 34.7 Å². The summed E-state index contributed by atoms with van der Waals surface area (Å²) < 4.78 is 5.34. The number of hydrogen-bond acceptors (Lipinski definition) is 3. The fourth-order valence-corrected chi connectivity index (χ4v) is 2.24. The van der Waals surface area contributed by atoms with E-state index in [9.17, 15) is 4.79 Å². The van der Waals surface area contributed by atoms with Crippen molar-refractivity contribution in [1.82, 2.24) is 4.90 Å². The summed E-state index contributed by atoms with van der Waals surface area (Å²) in [5.41, 5.74) is 1.03. The van der Waals surface area contributed by atoms with Crippen molar-refractivity contribution in [3.05, 3.63) is 29.8 Å². The maximum atomic E-state index is 11.8. The molecule has 3 fully saturated rings. The van der Waals surface area contributed by atoms with Gasteiger partial charge in [-0.3, -0.25) is 4.79 Å². The van der Waals surface area contributed by atoms with Crippen molar-refractivity contribution in [1.29, 1.82) is 0 Å². The van der Waals surface area contributed by atoms with Gasteiger partial charge in [0.15, 0.2) is 0 Å². The van der Waals surface area contributed by atoms with E-state index in [0.29, 0.717) is 13.1 Å². The SMILES string of the molecule is O=C1C2CC(CN1Cc1ccc(O)cc1)O2. The lowest BCUT2D eigenvalue weighted by Crippen LogP contribution is -2.60. The van der Waals surface area contributed by atoms with Crippen LogP contribution in [-0.2, 0) is 16.1 Å². The van der Waals surface area contributed by atoms with Gasteiger partial charge in [0.05, 0.1) is 6.10 Å². The molecule has 16 heavy (non-hydrogen) atoms. The number of carbonyl (C=O) groups is 1. The predicted molar refractivity (Wildman–Crippen MR) is 56.8 cm³/mol. The highest BCUT2D eigenvalue weighted by Gasteiger charge is 2.44. The van der Waals surface area contributed by atoms with Crippen LogP contribution in [0.15, 0.2) is 24.3 Å². The molecule has 0 saturated carbocycles. The van der Waals surface area contributed by atoms with Crippen LogP contribution in [0.4, 0.5) is 0 Å². The minimum Gasteiger partial charge on any atom is -0.508 e. The molecule has 1 aromatic rings. The van der Waals surface area contributed by atoms with Gasteiger partial charge in [-0.05, 0) is 17.7 Å². The Kier molecular flexibility index (Phi) is 2.11. The highest BCUT2D eigenvalue weighted by Crippen LogP contribution is 2.30. The average Bonchev–Trinajstić information content (AvgIpc) is 2.22. The first-order valence-corrected chi connectivity index (χ1v) is 5.44. The van der Waals surface area contributed by atoms with Crippen LogP contribution in [0, 0.1) is 0 Å². The van der Waals surface area contributed by atoms with Crippen LogP contribution in [0.5, 0.6) is 5.75 Å². The summed E-state index contributed by atoms with van der Waals surface area (Å²) in [6, 6.07) is 6.95. The van der Waals surface area contributed by atoms with E-state index in [4.69, 9.17) is 9.84 Å². The van der Waals surface area contributed by atoms with Gasteiger partial charge >= 0.3 is 0 Å². The number of amides is 1. The van der Waals surface area contributed by atoms with Gasteiger partial charge in [-0.25, -0.2) is 0 Å². The number of piperidine rings is 1. The van der Waals surface area contributed by atoms with Gasteiger partial charge in [0, 0.05) is 19.5 Å². The van der Waals surface area contributed by atoms with E-state index in [1.165, 1.54) is 0 Å². The second-order valence-corrected chi connectivity index (χ2v) is 4.37. The molecule has 1 aromatic carbocycles. The second kappa shape index (κ2) is 3.49. The summed E-state index contributed by atoms with van der Waals surface area (Å²) in [5.74, 6) is 0.343. The zero-order valence-electron chi connectivity index (χ0n) is 8.80. The van der Waals surface area contributed by atoms with Crippen LogP contribution in [0.25, 0.3) is 0 Å². The Balaban J connectivity index is 1.70. The topological polar surface area (TPSA) is 49.8 Å². The third-order valence-electron chi connectivity index (χ3n) is 3.15. The zero-order chi connectivity index (χ0) is 11.1. The first-order valence-electron chi connectivity index (χ1n) is 5.44. The summed E-state index contributed by atoms with van der Waals surface area (Å²) >= 11 is 0. The summed E-state index contributed by atoms with van der Waals surface area (Å²) in [5, 5.41) is 9.16. The minimum atomic E-state index is -0.198. The van der Waals surface area contributed by atoms with Crippen LogP contribution in [0.1, 0.15) is 12.0 Å². The molecular weight excluding hydrogens is 206 g/mol. The van der Waals surface area contributed by atoms with Gasteiger partial charge in [-0.2, -0.15) is 0 Å². The lowest BCUT2D eigenvalue weighted by atomic mass is 9.97. The fraction of sp³-hybridized carbons (Fsp3) is 0.417. The van der Waals surface area contributed by atoms with Crippen molar-refractivity contribution >= 4 is 5.91 Å². The van der Waals surface area contributed by atoms with Crippen molar-refractivity contribution in [2.24, 2.45) is 0 Å². The molecule has 84 valence electrons. The summed E-state index contributed by atoms with van der Waals surface area (Å²) in [6.07, 6.45) is 0.918. The van der Waals surface area contributed by atoms with Crippen LogP contribution >= 0.6 is 0 Å². The molecule has 1 amide bonds. The highest BCUT2D eigenvalue weighted by atomic mass is 16.5. The number of rotatable bonds is 2. The molecule has 3 heterocycles. The molecule has 1 N–H and O–H groups in total. The first kappa shape index (κ1) is 9.66. The Hall–Kier alpha value is -1.55. The lowest BCUT2D eigenvalue weighted by Gasteiger charge is -2.46. The summed E-state index contributed by atoms with van der Waals surface area (Å²) in [4.78, 5) is 13.6. The number of fused-ring (bicyclic) bond motifs is 2. The largest absolute Gasteiger partial charge is 0.508 e. The van der Waals surface area contributed by atoms with Gasteiger partial charge in [0.2, 0.25) is 0 Å². The van der Waals surface area contributed by atoms with E-state index in [1.54, 1.807) is 12.1 Å². The molecule has 0 radical (unpaired) electrons. The number of aromatic hydroxyl groups is 1. The molecule has 2 bridgehead atoms. The van der Waals surface area contributed by atoms with E-state index in [-0.39, 0.29) is 23.9 Å². The Morgan fingerprint density at radius 1 is 1.38 bits per heavy atom. The average molecular weight is 219 g/mol. The van der Waals surface area contributed by atoms with Crippen molar-refractivity contribution in [3.8, 4) is 5.75 Å². The Labute approximate surface area is 93.4 Å². The van der Waals surface area contributed by atoms with E-state index >= 15 is 0 Å². The lowest BCUT2D eigenvalue weighted by molar-refractivity contribution is -0.199. The van der Waals surface area contributed by atoms with E-state index in [1.807, 2.05) is 17.0 Å². The number of phenols is 1. The maximum Gasteiger partial charge on any atom is 0.252 e. The molecule has 4 heteroatoms. The Morgan fingerprint density at radius 2 is 2.06 bits per heavy atom. The van der Waals surface area contributed by atoms with E-state index < -0.39 is 0 Å². The molecule has 4 nitrogen and oxygen atoms in total. The minimum absolute atomic E-state index is 0.0931. The van der Waals surface area contributed by atoms with Gasteiger partial charge in [-0.1, -0.05) is 12.1 Å². The zero-order valence-corrected chi connectivity index (χ0v) is 8.80. The van der Waals surface area contributed by atoms with Crippen LogP contribution in [0.2, 0.25) is 0 Å². The number of phenolic OH excluding ortho intramolecular Hbond substituents is 1. The molecule has 3 saturated heterocycles. The second-order valence-electron chi connectivity index (χ2n) is 4.37. The number of ether oxygens (including phenoxy) is 1. The molecule has 0 aliphatic carbocycles. The smallest absolute Gasteiger partial charge is 0.252 e. The third kappa shape index (κ3) is 1.55. The van der Waals surface area contributed by atoms with Gasteiger partial charge in [0.25, 0.3) is 5.91 Å². The summed E-state index contributed by atoms with van der Waals surface area (Å²) in [6.45, 7) is 1.30. The number of morpholine rings is 1. The van der Waals surface area contributed by atoms with Crippen molar-refractivity contribution in [2.75, 3.05) is 6.54 Å². The molecule has 2 unspecified atom stereocenters. The molecule has 3 aliphatic rings. The molecule has 4 rings (SSSR count). The van der Waals surface area contributed by atoms with Crippen molar-refractivity contribution < 1.29 is 14.6 Å². The standard InChI is InChI=1S/C12H13NO3/c14-9-3-1-8(2-4-9)6-13-7-10-5-11(16-10)12(13)15/h1-4,10-11,14H,5-7H2. The monoisotopic (exact) mass is 219 g/mol. The fourth-order valence-electron chi connectivity index (χ4n) is 2.24. The van der Waals surface area contributed by atoms with Gasteiger partial charge < -0.3 is 14.7 Å². The molecule has 0 spiro atoms. The van der Waals surface area contributed by atoms with Gasteiger partial charge in [-0.15, -0.1) is 0 Å². The van der Waals surface area contributed by atoms with Crippen LogP contribution in [0.3, 0.4) is 0 Å². The normalized spacial score (nSPS) is 27.8. The highest BCUT2D eigenvalue weighted by molar-refractivity contribution is 5.83. The number of hydrogen-bond donors (Lipinski definition) is 1. The number of carbonyl (C=O) groups excluding carboxylic acids is 1. The van der Waals surface area contributed by atoms with Crippen LogP contribution < -0.4 is 0 Å². The summed E-state index contributed by atoms with van der Waals surface area (Å²) in [7, 11) is 0. The maximum absolute atomic E-state index is 11.8. The van der Waals surface area contributed by atoms with Gasteiger partial charge in [0.1, 0.15) is 11.9 Å². The molecular formula is C12H13NO3. The molecule has 0 aromatic heterocycles. The van der Waals surface area contributed by atoms with Crippen molar-refractivity contribution in [3.63, 3.8) is 0 Å². The Bertz CT molecular complexity index is 409. The van der Waals surface area contributed by atoms with E-state index in [2.05, 4.69) is 0 Å². The number of nitrogens with zero attached hydrogens (tertiary/aromatic N) is 1. The van der Waals surface area contributed by atoms with Crippen molar-refractivity contribution in [2.45, 2.75) is 25.2 Å². The molecule has 2 atom stereocenters. The third-order valence-corrected chi connectivity index (χ3v) is 3.15. The number of benzene rings is 1. The van der Waals surface area contributed by atoms with E-state index in [0.717, 1.165) is 12.0 Å². The Morgan fingerprint density at radius 3 is 2.69 bits per heavy atom. The first-order chi connectivity index (χ1) is 7.72. The molecule has 3 aliphatic heterocycles.